The number of hydrogen-bond donors (Lipinski definition) is 0. The van der Waals surface area contributed by atoms with Crippen LogP contribution in [0.2, 0.25) is 0 Å². The number of methoxy groups -OCH3 is 1. The molecule has 0 aliphatic carbocycles. The van der Waals surface area contributed by atoms with E-state index in [1.54, 1.807) is 14.0 Å². The number of ketones is 1. The van der Waals surface area contributed by atoms with E-state index in [-0.39, 0.29) is 25.4 Å². The highest BCUT2D eigenvalue weighted by Crippen LogP contribution is 2.07. The molecule has 0 aromatic rings. The number of esters is 1. The van der Waals surface area contributed by atoms with E-state index in [4.69, 9.17) is 18.9 Å². The third kappa shape index (κ3) is 10.4. The molecule has 0 aliphatic rings. The fourth-order valence-corrected chi connectivity index (χ4v) is 1.25. The molecule has 0 saturated carbocycles. The van der Waals surface area contributed by atoms with Crippen molar-refractivity contribution < 1.29 is 28.5 Å². The van der Waals surface area contributed by atoms with Gasteiger partial charge >= 0.3 is 5.97 Å². The maximum atomic E-state index is 11.4. The van der Waals surface area contributed by atoms with Crippen LogP contribution in [0.15, 0.2) is 12.7 Å². The summed E-state index contributed by atoms with van der Waals surface area (Å²) in [4.78, 5) is 22.6. The molecule has 1 atom stereocenters. The highest BCUT2D eigenvalue weighted by molar-refractivity contribution is 5.89. The summed E-state index contributed by atoms with van der Waals surface area (Å²) in [6, 6.07) is 0. The van der Waals surface area contributed by atoms with Crippen molar-refractivity contribution >= 4 is 11.8 Å². The second-order valence-electron chi connectivity index (χ2n) is 3.69. The Morgan fingerprint density at radius 2 is 2.00 bits per heavy atom. The molecule has 0 aromatic carbocycles. The highest BCUT2D eigenvalue weighted by atomic mass is 16.7. The molecule has 0 aliphatic heterocycles. The molecular weight excluding hydrogens is 252 g/mol. The van der Waals surface area contributed by atoms with Gasteiger partial charge in [-0.1, -0.05) is 6.58 Å². The molecule has 1 unspecified atom stereocenters. The highest BCUT2D eigenvalue weighted by Gasteiger charge is 2.18. The van der Waals surface area contributed by atoms with Crippen molar-refractivity contribution in [2.75, 3.05) is 33.7 Å². The van der Waals surface area contributed by atoms with Gasteiger partial charge in [-0.15, -0.1) is 0 Å². The largest absolute Gasteiger partial charge is 0.466 e. The third-order valence-corrected chi connectivity index (χ3v) is 2.18. The zero-order valence-electron chi connectivity index (χ0n) is 11.6. The van der Waals surface area contributed by atoms with Gasteiger partial charge in [-0.3, -0.25) is 9.59 Å². The lowest BCUT2D eigenvalue weighted by molar-refractivity contribution is -0.151. The molecule has 0 spiro atoms. The molecular formula is C13H22O6. The van der Waals surface area contributed by atoms with Crippen LogP contribution in [0.1, 0.15) is 19.8 Å². The molecule has 19 heavy (non-hydrogen) atoms. The number of ether oxygens (including phenoxy) is 4. The molecule has 0 rings (SSSR count). The van der Waals surface area contributed by atoms with Crippen LogP contribution in [-0.2, 0) is 28.5 Å². The van der Waals surface area contributed by atoms with E-state index in [0.29, 0.717) is 19.8 Å². The van der Waals surface area contributed by atoms with Gasteiger partial charge in [-0.05, 0) is 13.0 Å². The van der Waals surface area contributed by atoms with Crippen molar-refractivity contribution in [3.8, 4) is 0 Å². The van der Waals surface area contributed by atoms with Crippen LogP contribution in [0, 0.1) is 0 Å². The van der Waals surface area contributed by atoms with Crippen LogP contribution in [0.4, 0.5) is 0 Å². The number of rotatable bonds is 12. The van der Waals surface area contributed by atoms with Gasteiger partial charge in [-0.25, -0.2) is 0 Å². The van der Waals surface area contributed by atoms with Crippen molar-refractivity contribution in [2.45, 2.75) is 25.9 Å². The second-order valence-corrected chi connectivity index (χ2v) is 3.69. The SMILES string of the molecule is C=CC(=O)CC(CC(=O)OCC)OCOCCOC. The van der Waals surface area contributed by atoms with Gasteiger partial charge in [0.05, 0.1) is 32.3 Å². The van der Waals surface area contributed by atoms with Crippen molar-refractivity contribution in [1.82, 2.24) is 0 Å². The standard InChI is InChI=1S/C13H22O6/c1-4-11(14)8-12(9-13(15)18-5-2)19-10-17-7-6-16-3/h4,12H,1,5-10H2,2-3H3. The minimum Gasteiger partial charge on any atom is -0.466 e. The van der Waals surface area contributed by atoms with Crippen LogP contribution in [0.3, 0.4) is 0 Å². The van der Waals surface area contributed by atoms with E-state index in [0.717, 1.165) is 0 Å². The van der Waals surface area contributed by atoms with E-state index in [1.165, 1.54) is 6.08 Å². The molecule has 0 aromatic heterocycles. The van der Waals surface area contributed by atoms with E-state index in [9.17, 15) is 9.59 Å². The average Bonchev–Trinajstić information content (AvgIpc) is 2.38. The number of carbonyl (C=O) groups is 2. The molecule has 0 amide bonds. The zero-order chi connectivity index (χ0) is 14.5. The second kappa shape index (κ2) is 11.8. The Kier molecular flexibility index (Phi) is 11.1. The predicted molar refractivity (Wildman–Crippen MR) is 68.6 cm³/mol. The lowest BCUT2D eigenvalue weighted by Crippen LogP contribution is -2.23. The molecule has 0 saturated heterocycles. The van der Waals surface area contributed by atoms with E-state index in [1.807, 2.05) is 0 Å². The Balaban J connectivity index is 4.06. The molecule has 6 nitrogen and oxygen atoms in total. The van der Waals surface area contributed by atoms with Gasteiger partial charge in [0.15, 0.2) is 5.78 Å². The predicted octanol–water partition coefficient (Wildman–Crippen LogP) is 1.09. The van der Waals surface area contributed by atoms with E-state index < -0.39 is 12.1 Å². The average molecular weight is 274 g/mol. The Labute approximate surface area is 113 Å². The monoisotopic (exact) mass is 274 g/mol. The van der Waals surface area contributed by atoms with Crippen molar-refractivity contribution in [3.05, 3.63) is 12.7 Å². The number of carbonyl (C=O) groups excluding carboxylic acids is 2. The molecule has 110 valence electrons. The maximum absolute atomic E-state index is 11.4. The van der Waals surface area contributed by atoms with Crippen molar-refractivity contribution in [3.63, 3.8) is 0 Å². The molecule has 0 heterocycles. The summed E-state index contributed by atoms with van der Waals surface area (Å²) >= 11 is 0. The summed E-state index contributed by atoms with van der Waals surface area (Å²) in [6.45, 7) is 6.24. The van der Waals surface area contributed by atoms with Gasteiger partial charge in [0.2, 0.25) is 0 Å². The number of allylic oxidation sites excluding steroid dienone is 1. The van der Waals surface area contributed by atoms with Gasteiger partial charge in [-0.2, -0.15) is 0 Å². The molecule has 0 N–H and O–H groups in total. The first-order chi connectivity index (χ1) is 9.13. The topological polar surface area (TPSA) is 71.1 Å². The lowest BCUT2D eigenvalue weighted by Gasteiger charge is -2.15. The van der Waals surface area contributed by atoms with Crippen molar-refractivity contribution in [1.29, 1.82) is 0 Å². The first-order valence-electron chi connectivity index (χ1n) is 6.13. The summed E-state index contributed by atoms with van der Waals surface area (Å²) in [5, 5.41) is 0. The van der Waals surface area contributed by atoms with Crippen LogP contribution in [0.25, 0.3) is 0 Å². The maximum Gasteiger partial charge on any atom is 0.308 e. The minimum atomic E-state index is -0.563. The Hall–Kier alpha value is -1.24. The normalized spacial score (nSPS) is 11.9. The van der Waals surface area contributed by atoms with Crippen LogP contribution in [-0.4, -0.2) is 51.6 Å². The summed E-state index contributed by atoms with van der Waals surface area (Å²) in [5.74, 6) is -0.590. The minimum absolute atomic E-state index is 0.00213. The Morgan fingerprint density at radius 1 is 1.26 bits per heavy atom. The van der Waals surface area contributed by atoms with E-state index >= 15 is 0 Å². The first kappa shape index (κ1) is 17.8. The molecule has 0 radical (unpaired) electrons. The fourth-order valence-electron chi connectivity index (χ4n) is 1.25. The van der Waals surface area contributed by atoms with Gasteiger partial charge in [0.1, 0.15) is 6.79 Å². The quantitative estimate of drug-likeness (QED) is 0.230. The van der Waals surface area contributed by atoms with Gasteiger partial charge in [0, 0.05) is 13.5 Å². The van der Waals surface area contributed by atoms with Crippen LogP contribution < -0.4 is 0 Å². The Bertz CT molecular complexity index is 276. The van der Waals surface area contributed by atoms with Gasteiger partial charge in [0.25, 0.3) is 0 Å². The number of hydrogen-bond acceptors (Lipinski definition) is 6. The van der Waals surface area contributed by atoms with E-state index in [2.05, 4.69) is 6.58 Å². The lowest BCUT2D eigenvalue weighted by atomic mass is 10.1. The van der Waals surface area contributed by atoms with Gasteiger partial charge < -0.3 is 18.9 Å². The first-order valence-corrected chi connectivity index (χ1v) is 6.13. The van der Waals surface area contributed by atoms with Crippen LogP contribution in [0.5, 0.6) is 0 Å². The Morgan fingerprint density at radius 3 is 2.58 bits per heavy atom. The summed E-state index contributed by atoms with van der Waals surface area (Å²) < 4.78 is 20.1. The third-order valence-electron chi connectivity index (χ3n) is 2.18. The fraction of sp³-hybridized carbons (Fsp3) is 0.692. The van der Waals surface area contributed by atoms with Crippen molar-refractivity contribution in [2.24, 2.45) is 0 Å². The summed E-state index contributed by atoms with van der Waals surface area (Å²) in [5.41, 5.74) is 0. The molecule has 0 fully saturated rings. The zero-order valence-corrected chi connectivity index (χ0v) is 11.6. The summed E-state index contributed by atoms with van der Waals surface area (Å²) in [6.07, 6.45) is 0.733. The van der Waals surface area contributed by atoms with Crippen LogP contribution >= 0.6 is 0 Å². The summed E-state index contributed by atoms with van der Waals surface area (Å²) in [7, 11) is 1.57. The molecule has 6 heteroatoms. The molecule has 0 bridgehead atoms. The smallest absolute Gasteiger partial charge is 0.308 e.